The SMILES string of the molecule is CCOCCCc1nnc(CBr)n1C1CC1. The molecule has 4 nitrogen and oxygen atoms in total. The molecule has 1 saturated carbocycles. The fourth-order valence-corrected chi connectivity index (χ4v) is 2.24. The maximum atomic E-state index is 5.34. The van der Waals surface area contributed by atoms with Gasteiger partial charge in [-0.15, -0.1) is 10.2 Å². The Bertz CT molecular complexity index is 336. The summed E-state index contributed by atoms with van der Waals surface area (Å²) >= 11 is 3.46. The van der Waals surface area contributed by atoms with Crippen molar-refractivity contribution >= 4 is 15.9 Å². The van der Waals surface area contributed by atoms with E-state index < -0.39 is 0 Å². The predicted molar refractivity (Wildman–Crippen MR) is 65.7 cm³/mol. The molecule has 0 unspecified atom stereocenters. The third-order valence-corrected chi connectivity index (χ3v) is 3.26. The zero-order valence-electron chi connectivity index (χ0n) is 9.65. The molecule has 0 amide bonds. The number of halogens is 1. The van der Waals surface area contributed by atoms with E-state index in [9.17, 15) is 0 Å². The summed E-state index contributed by atoms with van der Waals surface area (Å²) in [6.45, 7) is 3.63. The van der Waals surface area contributed by atoms with Crippen LogP contribution < -0.4 is 0 Å². The highest BCUT2D eigenvalue weighted by Gasteiger charge is 2.28. The highest BCUT2D eigenvalue weighted by Crippen LogP contribution is 2.37. The predicted octanol–water partition coefficient (Wildman–Crippen LogP) is 2.48. The van der Waals surface area contributed by atoms with Crippen LogP contribution >= 0.6 is 15.9 Å². The van der Waals surface area contributed by atoms with E-state index in [1.807, 2.05) is 6.92 Å². The summed E-state index contributed by atoms with van der Waals surface area (Å²) in [5, 5.41) is 9.29. The Balaban J connectivity index is 1.94. The molecule has 0 aromatic carbocycles. The smallest absolute Gasteiger partial charge is 0.143 e. The molecule has 2 rings (SSSR count). The van der Waals surface area contributed by atoms with E-state index in [0.29, 0.717) is 6.04 Å². The van der Waals surface area contributed by atoms with Crippen molar-refractivity contribution in [2.75, 3.05) is 13.2 Å². The summed E-state index contributed by atoms with van der Waals surface area (Å²) in [6, 6.07) is 0.657. The van der Waals surface area contributed by atoms with Gasteiger partial charge in [0.1, 0.15) is 11.6 Å². The van der Waals surface area contributed by atoms with Crippen LogP contribution in [-0.4, -0.2) is 28.0 Å². The summed E-state index contributed by atoms with van der Waals surface area (Å²) in [5.41, 5.74) is 0. The van der Waals surface area contributed by atoms with E-state index in [-0.39, 0.29) is 0 Å². The van der Waals surface area contributed by atoms with Crippen LogP contribution in [0.1, 0.15) is 43.9 Å². The third kappa shape index (κ3) is 2.83. The van der Waals surface area contributed by atoms with Gasteiger partial charge in [0.05, 0.1) is 5.33 Å². The van der Waals surface area contributed by atoms with Gasteiger partial charge in [-0.1, -0.05) is 15.9 Å². The van der Waals surface area contributed by atoms with Crippen molar-refractivity contribution in [2.24, 2.45) is 0 Å². The second-order valence-corrected chi connectivity index (χ2v) is 4.63. The molecule has 1 heterocycles. The first kappa shape index (κ1) is 12.0. The van der Waals surface area contributed by atoms with Gasteiger partial charge in [0.25, 0.3) is 0 Å². The molecule has 5 heteroatoms. The van der Waals surface area contributed by atoms with Gasteiger partial charge in [-0.25, -0.2) is 0 Å². The van der Waals surface area contributed by atoms with Crippen LogP contribution in [0.2, 0.25) is 0 Å². The number of ether oxygens (including phenoxy) is 1. The number of rotatable bonds is 7. The largest absolute Gasteiger partial charge is 0.382 e. The molecule has 1 aromatic heterocycles. The first-order valence-corrected chi connectivity index (χ1v) is 7.05. The fourth-order valence-electron chi connectivity index (χ4n) is 1.85. The maximum absolute atomic E-state index is 5.34. The first-order valence-electron chi connectivity index (χ1n) is 5.93. The zero-order chi connectivity index (χ0) is 11.4. The second-order valence-electron chi connectivity index (χ2n) is 4.07. The summed E-state index contributed by atoms with van der Waals surface area (Å²) in [5.74, 6) is 2.19. The van der Waals surface area contributed by atoms with E-state index >= 15 is 0 Å². The van der Waals surface area contributed by atoms with Gasteiger partial charge in [0, 0.05) is 25.7 Å². The normalized spacial score (nSPS) is 15.6. The van der Waals surface area contributed by atoms with E-state index in [1.54, 1.807) is 0 Å². The van der Waals surface area contributed by atoms with Crippen LogP contribution in [0.5, 0.6) is 0 Å². The Morgan fingerprint density at radius 1 is 1.38 bits per heavy atom. The number of aryl methyl sites for hydroxylation is 1. The lowest BCUT2D eigenvalue weighted by atomic mass is 10.3. The van der Waals surface area contributed by atoms with E-state index in [0.717, 1.165) is 43.0 Å². The summed E-state index contributed by atoms with van der Waals surface area (Å²) in [6.07, 6.45) is 4.55. The van der Waals surface area contributed by atoms with Crippen molar-refractivity contribution in [2.45, 2.75) is 44.0 Å². The third-order valence-electron chi connectivity index (χ3n) is 2.76. The quantitative estimate of drug-likeness (QED) is 0.571. The zero-order valence-corrected chi connectivity index (χ0v) is 11.2. The molecule has 1 aromatic rings. The number of aromatic nitrogens is 3. The molecule has 16 heavy (non-hydrogen) atoms. The minimum atomic E-state index is 0.657. The fraction of sp³-hybridized carbons (Fsp3) is 0.818. The molecular weight excluding hydrogens is 270 g/mol. The number of hydrogen-bond acceptors (Lipinski definition) is 3. The maximum Gasteiger partial charge on any atom is 0.143 e. The summed E-state index contributed by atoms with van der Waals surface area (Å²) < 4.78 is 7.64. The monoisotopic (exact) mass is 287 g/mol. The number of hydrogen-bond donors (Lipinski definition) is 0. The highest BCUT2D eigenvalue weighted by atomic mass is 79.9. The van der Waals surface area contributed by atoms with Crippen molar-refractivity contribution in [1.29, 1.82) is 0 Å². The molecule has 1 aliphatic carbocycles. The topological polar surface area (TPSA) is 39.9 Å². The average molecular weight is 288 g/mol. The van der Waals surface area contributed by atoms with Crippen LogP contribution in [0, 0.1) is 0 Å². The Morgan fingerprint density at radius 2 is 2.12 bits per heavy atom. The lowest BCUT2D eigenvalue weighted by Crippen LogP contribution is -2.06. The van der Waals surface area contributed by atoms with Crippen LogP contribution in [0.15, 0.2) is 0 Å². The highest BCUT2D eigenvalue weighted by molar-refractivity contribution is 9.08. The van der Waals surface area contributed by atoms with E-state index in [4.69, 9.17) is 4.74 Å². The lowest BCUT2D eigenvalue weighted by molar-refractivity contribution is 0.144. The summed E-state index contributed by atoms with van der Waals surface area (Å²) in [4.78, 5) is 0. The van der Waals surface area contributed by atoms with Gasteiger partial charge in [-0.3, -0.25) is 0 Å². The van der Waals surface area contributed by atoms with Crippen molar-refractivity contribution < 1.29 is 4.74 Å². The molecule has 90 valence electrons. The van der Waals surface area contributed by atoms with E-state index in [2.05, 4.69) is 30.7 Å². The van der Waals surface area contributed by atoms with Gasteiger partial charge < -0.3 is 9.30 Å². The standard InChI is InChI=1S/C11H18BrN3O/c1-2-16-7-3-4-10-13-14-11(8-12)15(10)9-5-6-9/h9H,2-8H2,1H3. The first-order chi connectivity index (χ1) is 7.86. The Morgan fingerprint density at radius 3 is 2.75 bits per heavy atom. The summed E-state index contributed by atoms with van der Waals surface area (Å²) in [7, 11) is 0. The van der Waals surface area contributed by atoms with Crippen LogP contribution in [-0.2, 0) is 16.5 Å². The molecule has 0 atom stereocenters. The Labute approximate surface area is 105 Å². The second kappa shape index (κ2) is 5.77. The Hall–Kier alpha value is -0.420. The van der Waals surface area contributed by atoms with Gasteiger partial charge in [-0.05, 0) is 26.2 Å². The van der Waals surface area contributed by atoms with Gasteiger partial charge in [0.2, 0.25) is 0 Å². The molecule has 1 aliphatic rings. The minimum Gasteiger partial charge on any atom is -0.382 e. The van der Waals surface area contributed by atoms with Crippen molar-refractivity contribution in [1.82, 2.24) is 14.8 Å². The molecule has 1 fully saturated rings. The molecular formula is C11H18BrN3O. The van der Waals surface area contributed by atoms with Crippen molar-refractivity contribution in [3.05, 3.63) is 11.6 Å². The van der Waals surface area contributed by atoms with Gasteiger partial charge in [0.15, 0.2) is 0 Å². The van der Waals surface area contributed by atoms with Crippen LogP contribution in [0.3, 0.4) is 0 Å². The molecule has 0 saturated heterocycles. The molecule has 0 radical (unpaired) electrons. The van der Waals surface area contributed by atoms with Gasteiger partial charge in [-0.2, -0.15) is 0 Å². The van der Waals surface area contributed by atoms with Crippen LogP contribution in [0.25, 0.3) is 0 Å². The number of alkyl halides is 1. The van der Waals surface area contributed by atoms with Crippen molar-refractivity contribution in [3.63, 3.8) is 0 Å². The molecule has 0 spiro atoms. The van der Waals surface area contributed by atoms with Crippen molar-refractivity contribution in [3.8, 4) is 0 Å². The number of nitrogens with zero attached hydrogens (tertiary/aromatic N) is 3. The Kier molecular flexibility index (Phi) is 4.35. The molecule has 0 N–H and O–H groups in total. The molecule has 0 bridgehead atoms. The van der Waals surface area contributed by atoms with E-state index in [1.165, 1.54) is 12.8 Å². The van der Waals surface area contributed by atoms with Gasteiger partial charge >= 0.3 is 0 Å². The average Bonchev–Trinajstić information content (AvgIpc) is 3.06. The minimum absolute atomic E-state index is 0.657. The van der Waals surface area contributed by atoms with Crippen LogP contribution in [0.4, 0.5) is 0 Å². The molecule has 0 aliphatic heterocycles. The lowest BCUT2D eigenvalue weighted by Gasteiger charge is -2.07.